The lowest BCUT2D eigenvalue weighted by atomic mass is 10.1. The van der Waals surface area contributed by atoms with Gasteiger partial charge in [-0.2, -0.15) is 5.10 Å². The van der Waals surface area contributed by atoms with Crippen molar-refractivity contribution >= 4 is 17.5 Å². The lowest BCUT2D eigenvalue weighted by Gasteiger charge is -2.08. The minimum Gasteiger partial charge on any atom is -0.366 e. The number of carbonyl (C=O) groups excluding carboxylic acids is 2. The zero-order valence-corrected chi connectivity index (χ0v) is 13.7. The van der Waals surface area contributed by atoms with Crippen molar-refractivity contribution in [1.82, 2.24) is 9.78 Å². The molecule has 0 saturated heterocycles. The second-order valence-corrected chi connectivity index (χ2v) is 5.54. The molecule has 0 saturated carbocycles. The summed E-state index contributed by atoms with van der Waals surface area (Å²) in [6, 6.07) is 9.03. The van der Waals surface area contributed by atoms with Crippen LogP contribution in [0.1, 0.15) is 26.4 Å². The third kappa shape index (κ3) is 3.30. The maximum absolute atomic E-state index is 13.9. The van der Waals surface area contributed by atoms with Gasteiger partial charge in [-0.3, -0.25) is 9.59 Å². The van der Waals surface area contributed by atoms with Crippen LogP contribution in [-0.2, 0) is 0 Å². The van der Waals surface area contributed by atoms with Gasteiger partial charge in [0.1, 0.15) is 11.6 Å². The highest BCUT2D eigenvalue weighted by atomic mass is 19.1. The maximum atomic E-state index is 13.9. The number of anilines is 1. The Labute approximate surface area is 147 Å². The molecular formula is C18H14F2N4O2. The van der Waals surface area contributed by atoms with Crippen LogP contribution in [0.5, 0.6) is 0 Å². The number of nitrogens with zero attached hydrogens (tertiary/aromatic N) is 2. The topological polar surface area (TPSA) is 90.0 Å². The van der Waals surface area contributed by atoms with Crippen molar-refractivity contribution < 1.29 is 18.4 Å². The van der Waals surface area contributed by atoms with Crippen LogP contribution < -0.4 is 11.1 Å². The van der Waals surface area contributed by atoms with Gasteiger partial charge in [-0.25, -0.2) is 13.5 Å². The number of nitrogens with one attached hydrogen (secondary N) is 1. The van der Waals surface area contributed by atoms with E-state index in [2.05, 4.69) is 10.4 Å². The summed E-state index contributed by atoms with van der Waals surface area (Å²) in [5.41, 5.74) is 6.33. The third-order valence-electron chi connectivity index (χ3n) is 3.82. The molecular weight excluding hydrogens is 342 g/mol. The minimum atomic E-state index is -0.735. The first kappa shape index (κ1) is 17.3. The van der Waals surface area contributed by atoms with Crippen LogP contribution in [0.4, 0.5) is 14.5 Å². The van der Waals surface area contributed by atoms with Crippen LogP contribution in [0.25, 0.3) is 5.69 Å². The van der Waals surface area contributed by atoms with Crippen LogP contribution in [0.3, 0.4) is 0 Å². The number of carbonyl (C=O) groups is 2. The second-order valence-electron chi connectivity index (χ2n) is 5.54. The van der Waals surface area contributed by atoms with Crippen molar-refractivity contribution in [3.63, 3.8) is 0 Å². The average Bonchev–Trinajstić information content (AvgIpc) is 2.99. The molecule has 0 fully saturated rings. The first-order valence-corrected chi connectivity index (χ1v) is 7.58. The predicted molar refractivity (Wildman–Crippen MR) is 91.1 cm³/mol. The van der Waals surface area contributed by atoms with Crippen molar-refractivity contribution in [2.75, 3.05) is 5.32 Å². The number of rotatable bonds is 4. The molecule has 0 unspecified atom stereocenters. The molecule has 2 amide bonds. The fraction of sp³-hybridized carbons (Fsp3) is 0.0556. The maximum Gasteiger partial charge on any atom is 0.259 e. The van der Waals surface area contributed by atoms with E-state index in [1.807, 2.05) is 0 Å². The highest BCUT2D eigenvalue weighted by molar-refractivity contribution is 6.05. The van der Waals surface area contributed by atoms with Gasteiger partial charge in [0.15, 0.2) is 0 Å². The molecule has 6 nitrogen and oxygen atoms in total. The van der Waals surface area contributed by atoms with Crippen molar-refractivity contribution in [3.05, 3.63) is 77.1 Å². The number of primary amides is 1. The summed E-state index contributed by atoms with van der Waals surface area (Å²) in [5.74, 6) is -2.43. The lowest BCUT2D eigenvalue weighted by molar-refractivity contribution is 0.0996. The number of hydrogen-bond donors (Lipinski definition) is 2. The average molecular weight is 356 g/mol. The van der Waals surface area contributed by atoms with Crippen molar-refractivity contribution in [3.8, 4) is 5.69 Å². The largest absolute Gasteiger partial charge is 0.366 e. The van der Waals surface area contributed by atoms with Gasteiger partial charge in [0.05, 0.1) is 28.8 Å². The minimum absolute atomic E-state index is 0.0698. The fourth-order valence-corrected chi connectivity index (χ4v) is 2.44. The van der Waals surface area contributed by atoms with E-state index in [1.165, 1.54) is 41.2 Å². The molecule has 132 valence electrons. The first-order valence-electron chi connectivity index (χ1n) is 7.58. The van der Waals surface area contributed by atoms with E-state index in [1.54, 1.807) is 6.92 Å². The van der Waals surface area contributed by atoms with Gasteiger partial charge in [0, 0.05) is 5.56 Å². The van der Waals surface area contributed by atoms with E-state index in [9.17, 15) is 18.4 Å². The summed E-state index contributed by atoms with van der Waals surface area (Å²) in [6.07, 6.45) is 1.32. The number of hydrogen-bond acceptors (Lipinski definition) is 3. The Morgan fingerprint density at radius 2 is 1.81 bits per heavy atom. The second kappa shape index (κ2) is 6.75. The quantitative estimate of drug-likeness (QED) is 0.753. The summed E-state index contributed by atoms with van der Waals surface area (Å²) >= 11 is 0. The Bertz CT molecular complexity index is 997. The van der Waals surface area contributed by atoms with E-state index in [-0.39, 0.29) is 22.6 Å². The Hall–Kier alpha value is -3.55. The van der Waals surface area contributed by atoms with E-state index in [0.717, 1.165) is 12.1 Å². The monoisotopic (exact) mass is 356 g/mol. The fourth-order valence-electron chi connectivity index (χ4n) is 2.44. The lowest BCUT2D eigenvalue weighted by Crippen LogP contribution is -2.16. The molecule has 8 heteroatoms. The van der Waals surface area contributed by atoms with E-state index in [4.69, 9.17) is 5.73 Å². The van der Waals surface area contributed by atoms with Crippen molar-refractivity contribution in [1.29, 1.82) is 0 Å². The summed E-state index contributed by atoms with van der Waals surface area (Å²) in [6.45, 7) is 1.65. The van der Waals surface area contributed by atoms with Crippen molar-refractivity contribution in [2.24, 2.45) is 5.73 Å². The summed E-state index contributed by atoms with van der Waals surface area (Å²) in [5, 5.41) is 6.51. The zero-order valence-electron chi connectivity index (χ0n) is 13.7. The van der Waals surface area contributed by atoms with Gasteiger partial charge < -0.3 is 11.1 Å². The predicted octanol–water partition coefficient (Wildman–Crippen LogP) is 2.81. The number of nitrogens with two attached hydrogens (primary N) is 1. The van der Waals surface area contributed by atoms with Crippen LogP contribution in [-0.4, -0.2) is 21.6 Å². The number of aromatic nitrogens is 2. The molecule has 0 atom stereocenters. The highest BCUT2D eigenvalue weighted by Gasteiger charge is 2.17. The molecule has 0 aliphatic rings. The number of halogens is 2. The number of amides is 2. The first-order chi connectivity index (χ1) is 12.4. The SMILES string of the molecule is Cc1c(C(=O)Nc2cc(C(N)=O)ccc2F)cnn1-c1ccc(F)cc1. The summed E-state index contributed by atoms with van der Waals surface area (Å²) < 4.78 is 28.4. The van der Waals surface area contributed by atoms with Crippen LogP contribution in [0.2, 0.25) is 0 Å². The van der Waals surface area contributed by atoms with E-state index < -0.39 is 17.6 Å². The summed E-state index contributed by atoms with van der Waals surface area (Å²) in [7, 11) is 0. The molecule has 3 aromatic rings. The zero-order chi connectivity index (χ0) is 18.8. The molecule has 1 heterocycles. The molecule has 3 rings (SSSR count). The Kier molecular flexibility index (Phi) is 4.49. The van der Waals surface area contributed by atoms with Gasteiger partial charge in [-0.1, -0.05) is 0 Å². The Morgan fingerprint density at radius 3 is 2.46 bits per heavy atom. The van der Waals surface area contributed by atoms with Gasteiger partial charge in [-0.15, -0.1) is 0 Å². The molecule has 0 bridgehead atoms. The van der Waals surface area contributed by atoms with E-state index >= 15 is 0 Å². The third-order valence-corrected chi connectivity index (χ3v) is 3.82. The Balaban J connectivity index is 1.89. The van der Waals surface area contributed by atoms with Crippen LogP contribution >= 0.6 is 0 Å². The summed E-state index contributed by atoms with van der Waals surface area (Å²) in [4.78, 5) is 23.7. The van der Waals surface area contributed by atoms with Crippen LogP contribution in [0.15, 0.2) is 48.7 Å². The highest BCUT2D eigenvalue weighted by Crippen LogP contribution is 2.19. The Morgan fingerprint density at radius 1 is 1.12 bits per heavy atom. The molecule has 1 aromatic heterocycles. The van der Waals surface area contributed by atoms with E-state index in [0.29, 0.717) is 11.4 Å². The van der Waals surface area contributed by atoms with Gasteiger partial charge in [-0.05, 0) is 49.4 Å². The molecule has 0 aliphatic heterocycles. The van der Waals surface area contributed by atoms with Gasteiger partial charge >= 0.3 is 0 Å². The molecule has 3 N–H and O–H groups in total. The van der Waals surface area contributed by atoms with Gasteiger partial charge in [0.2, 0.25) is 5.91 Å². The normalized spacial score (nSPS) is 10.6. The molecule has 0 radical (unpaired) electrons. The molecule has 0 aliphatic carbocycles. The smallest absolute Gasteiger partial charge is 0.259 e. The molecule has 0 spiro atoms. The van der Waals surface area contributed by atoms with Crippen molar-refractivity contribution in [2.45, 2.75) is 6.92 Å². The molecule has 2 aromatic carbocycles. The standard InChI is InChI=1S/C18H14F2N4O2/c1-10-14(9-22-24(10)13-5-3-12(19)4-6-13)18(26)23-16-8-11(17(21)25)2-7-15(16)20/h2-9H,1H3,(H2,21,25)(H,23,26). The number of benzene rings is 2. The van der Waals surface area contributed by atoms with Crippen LogP contribution in [0, 0.1) is 18.6 Å². The molecule has 26 heavy (non-hydrogen) atoms. The van der Waals surface area contributed by atoms with Gasteiger partial charge in [0.25, 0.3) is 5.91 Å².